The zero-order valence-electron chi connectivity index (χ0n) is 12.0. The Morgan fingerprint density at radius 3 is 2.71 bits per heavy atom. The number of rotatable bonds is 3. The Morgan fingerprint density at radius 2 is 1.95 bits per heavy atom. The maximum Gasteiger partial charge on any atom is 0.308 e. The van der Waals surface area contributed by atoms with E-state index in [0.29, 0.717) is 5.25 Å². The number of carbonyl (C=O) groups is 1. The number of esters is 1. The van der Waals surface area contributed by atoms with E-state index in [1.54, 1.807) is 6.33 Å². The highest BCUT2D eigenvalue weighted by molar-refractivity contribution is 8.00. The zero-order chi connectivity index (χ0) is 14.7. The highest BCUT2D eigenvalue weighted by Crippen LogP contribution is 2.37. The first-order valence-corrected chi connectivity index (χ1v) is 8.10. The topological polar surface area (TPSA) is 52.1 Å². The van der Waals surface area contributed by atoms with Gasteiger partial charge in [0.05, 0.1) is 18.5 Å². The van der Waals surface area contributed by atoms with Crippen molar-refractivity contribution in [3.63, 3.8) is 0 Å². The molecule has 1 heterocycles. The van der Waals surface area contributed by atoms with Crippen LogP contribution in [0.25, 0.3) is 10.9 Å². The number of para-hydroxylation sites is 1. The number of nitrogens with zero attached hydrogens (tertiary/aromatic N) is 2. The number of thioether (sulfide) groups is 1. The summed E-state index contributed by atoms with van der Waals surface area (Å²) in [5.41, 5.74) is 0.984. The highest BCUT2D eigenvalue weighted by atomic mass is 32.2. The third kappa shape index (κ3) is 3.18. The molecule has 0 bridgehead atoms. The van der Waals surface area contributed by atoms with Crippen LogP contribution in [0.1, 0.15) is 25.7 Å². The molecule has 1 aliphatic rings. The molecule has 4 nitrogen and oxygen atoms in total. The van der Waals surface area contributed by atoms with Crippen molar-refractivity contribution in [1.29, 1.82) is 0 Å². The number of fused-ring (bicyclic) bond motifs is 1. The first kappa shape index (κ1) is 14.3. The number of hydrogen-bond donors (Lipinski definition) is 0. The van der Waals surface area contributed by atoms with Crippen molar-refractivity contribution in [1.82, 2.24) is 9.97 Å². The Bertz CT molecular complexity index is 634. The largest absolute Gasteiger partial charge is 0.469 e. The zero-order valence-corrected chi connectivity index (χ0v) is 12.8. The SMILES string of the molecule is COC(=O)C1CCC(Sc2ncnc3ccccc23)CC1. The third-order valence-electron chi connectivity index (χ3n) is 3.99. The minimum atomic E-state index is -0.0639. The molecule has 1 aliphatic carbocycles. The van der Waals surface area contributed by atoms with Gasteiger partial charge in [-0.25, -0.2) is 9.97 Å². The predicted octanol–water partition coefficient (Wildman–Crippen LogP) is 3.45. The minimum absolute atomic E-state index is 0.0639. The van der Waals surface area contributed by atoms with Crippen LogP contribution in [0.5, 0.6) is 0 Å². The van der Waals surface area contributed by atoms with Crippen molar-refractivity contribution in [2.24, 2.45) is 5.92 Å². The number of hydrogen-bond acceptors (Lipinski definition) is 5. The molecule has 110 valence electrons. The lowest BCUT2D eigenvalue weighted by atomic mass is 9.89. The molecule has 0 aliphatic heterocycles. The second-order valence-corrected chi connectivity index (χ2v) is 6.60. The van der Waals surface area contributed by atoms with E-state index in [-0.39, 0.29) is 11.9 Å². The molecule has 0 radical (unpaired) electrons. The molecule has 0 unspecified atom stereocenters. The average molecular weight is 302 g/mol. The van der Waals surface area contributed by atoms with Gasteiger partial charge in [0.1, 0.15) is 11.4 Å². The molecular weight excluding hydrogens is 284 g/mol. The van der Waals surface area contributed by atoms with Crippen molar-refractivity contribution in [3.05, 3.63) is 30.6 Å². The predicted molar refractivity (Wildman–Crippen MR) is 83.2 cm³/mol. The Morgan fingerprint density at radius 1 is 1.19 bits per heavy atom. The molecule has 3 rings (SSSR count). The van der Waals surface area contributed by atoms with E-state index in [0.717, 1.165) is 41.6 Å². The summed E-state index contributed by atoms with van der Waals surface area (Å²) in [5.74, 6) is 0.0138. The van der Waals surface area contributed by atoms with Crippen LogP contribution in [0.2, 0.25) is 0 Å². The van der Waals surface area contributed by atoms with Crippen LogP contribution >= 0.6 is 11.8 Å². The van der Waals surface area contributed by atoms with E-state index in [1.165, 1.54) is 7.11 Å². The molecule has 5 heteroatoms. The van der Waals surface area contributed by atoms with Gasteiger partial charge in [-0.05, 0) is 31.7 Å². The lowest BCUT2D eigenvalue weighted by Crippen LogP contribution is -2.23. The lowest BCUT2D eigenvalue weighted by Gasteiger charge is -2.26. The first-order valence-electron chi connectivity index (χ1n) is 7.22. The quantitative estimate of drug-likeness (QED) is 0.642. The number of benzene rings is 1. The van der Waals surface area contributed by atoms with Crippen LogP contribution in [0.4, 0.5) is 0 Å². The van der Waals surface area contributed by atoms with Gasteiger partial charge in [-0.15, -0.1) is 11.8 Å². The number of aromatic nitrogens is 2. The van der Waals surface area contributed by atoms with Crippen LogP contribution < -0.4 is 0 Å². The molecule has 0 N–H and O–H groups in total. The second kappa shape index (κ2) is 6.43. The summed E-state index contributed by atoms with van der Waals surface area (Å²) in [6, 6.07) is 8.09. The number of carbonyl (C=O) groups excluding carboxylic acids is 1. The Balaban J connectivity index is 1.69. The van der Waals surface area contributed by atoms with Crippen LogP contribution in [0.15, 0.2) is 35.6 Å². The standard InChI is InChI=1S/C16H18N2O2S/c1-20-16(19)11-6-8-12(9-7-11)21-15-13-4-2-3-5-14(13)17-10-18-15/h2-5,10-12H,6-9H2,1H3. The molecule has 21 heavy (non-hydrogen) atoms. The van der Waals surface area contributed by atoms with Gasteiger partial charge in [0.15, 0.2) is 0 Å². The Kier molecular flexibility index (Phi) is 4.39. The van der Waals surface area contributed by atoms with E-state index in [4.69, 9.17) is 4.74 Å². The highest BCUT2D eigenvalue weighted by Gasteiger charge is 2.27. The van der Waals surface area contributed by atoms with E-state index in [2.05, 4.69) is 16.0 Å². The van der Waals surface area contributed by atoms with Crippen molar-refractivity contribution in [2.75, 3.05) is 7.11 Å². The molecule has 1 fully saturated rings. The van der Waals surface area contributed by atoms with Crippen molar-refractivity contribution >= 4 is 28.6 Å². The fourth-order valence-corrected chi connectivity index (χ4v) is 4.05. The number of ether oxygens (including phenoxy) is 1. The average Bonchev–Trinajstić information content (AvgIpc) is 2.55. The van der Waals surface area contributed by atoms with Gasteiger partial charge in [-0.1, -0.05) is 18.2 Å². The van der Waals surface area contributed by atoms with Gasteiger partial charge < -0.3 is 4.74 Å². The summed E-state index contributed by atoms with van der Waals surface area (Å²) in [4.78, 5) is 20.3. The molecule has 1 aromatic carbocycles. The molecule has 1 aromatic heterocycles. The van der Waals surface area contributed by atoms with Crippen molar-refractivity contribution < 1.29 is 9.53 Å². The number of methoxy groups -OCH3 is 1. The van der Waals surface area contributed by atoms with E-state index in [9.17, 15) is 4.79 Å². The fraction of sp³-hybridized carbons (Fsp3) is 0.438. The fourth-order valence-electron chi connectivity index (χ4n) is 2.81. The summed E-state index contributed by atoms with van der Waals surface area (Å²) in [5, 5.41) is 2.67. The van der Waals surface area contributed by atoms with Crippen LogP contribution in [0.3, 0.4) is 0 Å². The van der Waals surface area contributed by atoms with E-state index >= 15 is 0 Å². The van der Waals surface area contributed by atoms with Gasteiger partial charge in [0.25, 0.3) is 0 Å². The molecule has 0 atom stereocenters. The smallest absolute Gasteiger partial charge is 0.308 e. The van der Waals surface area contributed by atoms with Crippen LogP contribution in [-0.4, -0.2) is 28.3 Å². The molecule has 0 saturated heterocycles. The Labute approximate surface area is 128 Å². The maximum atomic E-state index is 11.6. The van der Waals surface area contributed by atoms with Gasteiger partial charge in [0.2, 0.25) is 0 Å². The lowest BCUT2D eigenvalue weighted by molar-refractivity contribution is -0.146. The van der Waals surface area contributed by atoms with Gasteiger partial charge in [-0.2, -0.15) is 0 Å². The van der Waals surface area contributed by atoms with Gasteiger partial charge >= 0.3 is 5.97 Å². The summed E-state index contributed by atoms with van der Waals surface area (Å²) >= 11 is 1.81. The molecule has 0 amide bonds. The normalized spacial score (nSPS) is 22.1. The van der Waals surface area contributed by atoms with Crippen molar-refractivity contribution in [3.8, 4) is 0 Å². The van der Waals surface area contributed by atoms with Crippen LogP contribution in [0, 0.1) is 5.92 Å². The third-order valence-corrected chi connectivity index (χ3v) is 5.35. The maximum absolute atomic E-state index is 11.6. The van der Waals surface area contributed by atoms with Gasteiger partial charge in [0, 0.05) is 10.6 Å². The van der Waals surface area contributed by atoms with Crippen LogP contribution in [-0.2, 0) is 9.53 Å². The molecule has 2 aromatic rings. The summed E-state index contributed by atoms with van der Waals surface area (Å²) in [6.07, 6.45) is 5.51. The van der Waals surface area contributed by atoms with Gasteiger partial charge in [-0.3, -0.25) is 4.79 Å². The monoisotopic (exact) mass is 302 g/mol. The summed E-state index contributed by atoms with van der Waals surface area (Å²) < 4.78 is 4.83. The molecular formula is C16H18N2O2S. The van der Waals surface area contributed by atoms with Crippen molar-refractivity contribution in [2.45, 2.75) is 36.0 Å². The first-order chi connectivity index (χ1) is 10.3. The van der Waals surface area contributed by atoms with E-state index in [1.807, 2.05) is 30.0 Å². The van der Waals surface area contributed by atoms with E-state index < -0.39 is 0 Å². The second-order valence-electron chi connectivity index (χ2n) is 5.31. The Hall–Kier alpha value is -1.62. The summed E-state index contributed by atoms with van der Waals surface area (Å²) in [7, 11) is 1.47. The molecule has 1 saturated carbocycles. The summed E-state index contributed by atoms with van der Waals surface area (Å²) in [6.45, 7) is 0. The molecule has 0 spiro atoms. The minimum Gasteiger partial charge on any atom is -0.469 e.